The van der Waals surface area contributed by atoms with Crippen molar-refractivity contribution in [2.24, 2.45) is 5.92 Å². The van der Waals surface area contributed by atoms with Crippen LogP contribution in [0.2, 0.25) is 0 Å². The number of amides is 1. The van der Waals surface area contributed by atoms with Gasteiger partial charge < -0.3 is 5.32 Å². The lowest BCUT2D eigenvalue weighted by Crippen LogP contribution is -2.51. The predicted octanol–water partition coefficient (Wildman–Crippen LogP) is 2.07. The van der Waals surface area contributed by atoms with Crippen LogP contribution in [0.4, 0.5) is 0 Å². The zero-order valence-corrected chi connectivity index (χ0v) is 14.1. The van der Waals surface area contributed by atoms with E-state index in [1.807, 2.05) is 12.3 Å². The van der Waals surface area contributed by atoms with Crippen LogP contribution in [-0.4, -0.2) is 22.0 Å². The number of thiocarbonyl (C=S) groups is 1. The van der Waals surface area contributed by atoms with Gasteiger partial charge in [-0.25, -0.2) is 4.98 Å². The van der Waals surface area contributed by atoms with Gasteiger partial charge in [-0.15, -0.1) is 11.3 Å². The molecule has 0 aromatic carbocycles. The van der Waals surface area contributed by atoms with Crippen molar-refractivity contribution < 1.29 is 4.79 Å². The first kappa shape index (κ1) is 16.2. The Kier molecular flexibility index (Phi) is 5.93. The molecule has 21 heavy (non-hydrogen) atoms. The third-order valence-corrected chi connectivity index (χ3v) is 4.79. The molecule has 0 aliphatic heterocycles. The molecule has 0 bridgehead atoms. The highest BCUT2D eigenvalue weighted by molar-refractivity contribution is 7.80. The molecule has 0 spiro atoms. The Balaban J connectivity index is 1.69. The fraction of sp³-hybridized carbons (Fsp3) is 0.643. The van der Waals surface area contributed by atoms with Gasteiger partial charge in [-0.3, -0.25) is 15.6 Å². The minimum absolute atomic E-state index is 0.138. The second-order valence-corrected chi connectivity index (χ2v) is 7.02. The highest BCUT2D eigenvalue weighted by atomic mass is 32.1. The summed E-state index contributed by atoms with van der Waals surface area (Å²) in [7, 11) is 0. The van der Waals surface area contributed by atoms with E-state index in [2.05, 4.69) is 28.1 Å². The van der Waals surface area contributed by atoms with Gasteiger partial charge in [0, 0.05) is 11.4 Å². The maximum Gasteiger partial charge on any atom is 0.244 e. The van der Waals surface area contributed by atoms with Gasteiger partial charge in [0.2, 0.25) is 5.91 Å². The molecule has 7 heteroatoms. The zero-order valence-electron chi connectivity index (χ0n) is 12.4. The third kappa shape index (κ3) is 5.24. The van der Waals surface area contributed by atoms with E-state index in [1.54, 1.807) is 11.3 Å². The molecule has 2 rings (SSSR count). The molecular weight excluding hydrogens is 304 g/mol. The average Bonchev–Trinajstić information content (AvgIpc) is 2.84. The van der Waals surface area contributed by atoms with Gasteiger partial charge in [0.25, 0.3) is 0 Å². The number of rotatable bonds is 3. The number of carbonyl (C=O) groups excluding carboxylic acids is 1. The molecule has 1 aromatic rings. The van der Waals surface area contributed by atoms with Gasteiger partial charge in [-0.05, 0) is 37.9 Å². The van der Waals surface area contributed by atoms with Crippen LogP contribution in [0.5, 0.6) is 0 Å². The summed E-state index contributed by atoms with van der Waals surface area (Å²) >= 11 is 6.77. The SMILES string of the molecule is Cc1nc(CC(=O)NNC(=S)N[C@@H]2CCCC[C@@H]2C)cs1. The van der Waals surface area contributed by atoms with Crippen LogP contribution in [0.3, 0.4) is 0 Å². The molecule has 1 saturated carbocycles. The molecule has 1 aromatic heterocycles. The Hall–Kier alpha value is -1.21. The van der Waals surface area contributed by atoms with E-state index in [0.29, 0.717) is 17.1 Å². The van der Waals surface area contributed by atoms with E-state index in [4.69, 9.17) is 12.2 Å². The van der Waals surface area contributed by atoms with Crippen molar-refractivity contribution in [1.82, 2.24) is 21.2 Å². The molecule has 0 saturated heterocycles. The smallest absolute Gasteiger partial charge is 0.244 e. The molecule has 116 valence electrons. The minimum Gasteiger partial charge on any atom is -0.358 e. The van der Waals surface area contributed by atoms with Crippen molar-refractivity contribution in [3.8, 4) is 0 Å². The fourth-order valence-corrected chi connectivity index (χ4v) is 3.37. The topological polar surface area (TPSA) is 66.0 Å². The molecule has 3 N–H and O–H groups in total. The number of carbonyl (C=O) groups is 1. The van der Waals surface area contributed by atoms with E-state index >= 15 is 0 Å². The number of aryl methyl sites for hydroxylation is 1. The molecule has 1 fully saturated rings. The van der Waals surface area contributed by atoms with Crippen molar-refractivity contribution in [1.29, 1.82) is 0 Å². The lowest BCUT2D eigenvalue weighted by atomic mass is 9.86. The average molecular weight is 326 g/mol. The highest BCUT2D eigenvalue weighted by Gasteiger charge is 2.21. The summed E-state index contributed by atoms with van der Waals surface area (Å²) in [5, 5.41) is 6.63. The summed E-state index contributed by atoms with van der Waals surface area (Å²) in [5.74, 6) is 0.480. The molecule has 1 aliphatic rings. The van der Waals surface area contributed by atoms with E-state index < -0.39 is 0 Å². The van der Waals surface area contributed by atoms with Crippen molar-refractivity contribution >= 4 is 34.6 Å². The summed E-state index contributed by atoms with van der Waals surface area (Å²) in [6.07, 6.45) is 5.16. The number of nitrogens with zero attached hydrogens (tertiary/aromatic N) is 1. The van der Waals surface area contributed by atoms with Crippen LogP contribution < -0.4 is 16.2 Å². The maximum absolute atomic E-state index is 11.8. The van der Waals surface area contributed by atoms with E-state index in [0.717, 1.165) is 17.1 Å². The van der Waals surface area contributed by atoms with Crippen molar-refractivity contribution in [3.05, 3.63) is 16.1 Å². The van der Waals surface area contributed by atoms with Crippen LogP contribution in [-0.2, 0) is 11.2 Å². The Bertz CT molecular complexity index is 503. The van der Waals surface area contributed by atoms with Crippen LogP contribution >= 0.6 is 23.6 Å². The summed E-state index contributed by atoms with van der Waals surface area (Å²) < 4.78 is 0. The number of aromatic nitrogens is 1. The predicted molar refractivity (Wildman–Crippen MR) is 89.0 cm³/mol. The van der Waals surface area contributed by atoms with Crippen LogP contribution in [0.25, 0.3) is 0 Å². The highest BCUT2D eigenvalue weighted by Crippen LogP contribution is 2.23. The first-order valence-electron chi connectivity index (χ1n) is 7.31. The Morgan fingerprint density at radius 3 is 2.86 bits per heavy atom. The summed E-state index contributed by atoms with van der Waals surface area (Å²) in [6.45, 7) is 4.16. The zero-order chi connectivity index (χ0) is 15.2. The van der Waals surface area contributed by atoms with E-state index in [9.17, 15) is 4.79 Å². The lowest BCUT2D eigenvalue weighted by Gasteiger charge is -2.30. The first-order chi connectivity index (χ1) is 10.0. The summed E-state index contributed by atoms with van der Waals surface area (Å²) in [5.41, 5.74) is 6.18. The van der Waals surface area contributed by atoms with E-state index in [-0.39, 0.29) is 12.3 Å². The molecular formula is C14H22N4OS2. The van der Waals surface area contributed by atoms with Crippen LogP contribution in [0.15, 0.2) is 5.38 Å². The lowest BCUT2D eigenvalue weighted by molar-refractivity contribution is -0.121. The van der Waals surface area contributed by atoms with Gasteiger partial charge in [0.1, 0.15) is 0 Å². The van der Waals surface area contributed by atoms with Gasteiger partial charge in [0.05, 0.1) is 17.1 Å². The number of thiazole rings is 1. The molecule has 1 amide bonds. The Labute approximate surface area is 134 Å². The molecule has 0 radical (unpaired) electrons. The van der Waals surface area contributed by atoms with Crippen molar-refractivity contribution in [2.45, 2.75) is 52.0 Å². The van der Waals surface area contributed by atoms with Gasteiger partial charge in [-0.2, -0.15) is 0 Å². The van der Waals surface area contributed by atoms with Crippen LogP contribution in [0.1, 0.15) is 43.3 Å². The largest absolute Gasteiger partial charge is 0.358 e. The van der Waals surface area contributed by atoms with E-state index in [1.165, 1.54) is 19.3 Å². The summed E-state index contributed by atoms with van der Waals surface area (Å²) in [4.78, 5) is 16.0. The monoisotopic (exact) mass is 326 g/mol. The molecule has 0 unspecified atom stereocenters. The normalized spacial score (nSPS) is 21.6. The molecule has 5 nitrogen and oxygen atoms in total. The third-order valence-electron chi connectivity index (χ3n) is 3.75. The number of hydrogen-bond donors (Lipinski definition) is 3. The van der Waals surface area contributed by atoms with Gasteiger partial charge >= 0.3 is 0 Å². The minimum atomic E-state index is -0.138. The van der Waals surface area contributed by atoms with Gasteiger partial charge in [-0.1, -0.05) is 19.8 Å². The second-order valence-electron chi connectivity index (χ2n) is 5.55. The number of nitrogens with one attached hydrogen (secondary N) is 3. The van der Waals surface area contributed by atoms with Crippen molar-refractivity contribution in [3.63, 3.8) is 0 Å². The Morgan fingerprint density at radius 1 is 1.43 bits per heavy atom. The quantitative estimate of drug-likeness (QED) is 0.586. The first-order valence-corrected chi connectivity index (χ1v) is 8.59. The molecule has 1 aliphatic carbocycles. The molecule has 2 atom stereocenters. The number of hydrogen-bond acceptors (Lipinski definition) is 4. The number of hydrazine groups is 1. The van der Waals surface area contributed by atoms with Gasteiger partial charge in [0.15, 0.2) is 5.11 Å². The summed E-state index contributed by atoms with van der Waals surface area (Å²) in [6, 6.07) is 0.400. The fourth-order valence-electron chi connectivity index (χ4n) is 2.56. The standard InChI is InChI=1S/C14H22N4OS2/c1-9-5-3-4-6-12(9)16-14(20)18-17-13(19)7-11-8-21-10(2)15-11/h8-9,12H,3-7H2,1-2H3,(H,17,19)(H2,16,18,20)/t9-,12+/m0/s1. The second kappa shape index (κ2) is 7.70. The van der Waals surface area contributed by atoms with Crippen molar-refractivity contribution in [2.75, 3.05) is 0 Å². The maximum atomic E-state index is 11.8. The van der Waals surface area contributed by atoms with Crippen LogP contribution in [0, 0.1) is 12.8 Å². The molecule has 1 heterocycles. The Morgan fingerprint density at radius 2 is 2.19 bits per heavy atom.